The predicted octanol–water partition coefficient (Wildman–Crippen LogP) is 2.37. The van der Waals surface area contributed by atoms with Crippen LogP contribution in [0.3, 0.4) is 0 Å². The SMILES string of the molecule is Cl.NCCCCCCC(=O)NCC(O)C1CCCCC1. The number of halogens is 1. The molecule has 1 unspecified atom stereocenters. The summed E-state index contributed by atoms with van der Waals surface area (Å²) < 4.78 is 0. The number of hydrogen-bond donors (Lipinski definition) is 3. The zero-order valence-electron chi connectivity index (χ0n) is 12.5. The lowest BCUT2D eigenvalue weighted by Crippen LogP contribution is -2.36. The topological polar surface area (TPSA) is 75.4 Å². The second-order valence-electron chi connectivity index (χ2n) is 5.72. The molecule has 0 aromatic carbocycles. The number of rotatable bonds is 9. The molecule has 120 valence electrons. The summed E-state index contributed by atoms with van der Waals surface area (Å²) in [6, 6.07) is 0. The molecule has 1 aliphatic rings. The molecular formula is C15H31ClN2O2. The second kappa shape index (κ2) is 12.4. The van der Waals surface area contributed by atoms with E-state index in [0.29, 0.717) is 18.9 Å². The van der Waals surface area contributed by atoms with Crippen LogP contribution in [-0.4, -0.2) is 30.2 Å². The maximum Gasteiger partial charge on any atom is 0.220 e. The van der Waals surface area contributed by atoms with Crippen molar-refractivity contribution in [3.63, 3.8) is 0 Å². The molecule has 0 aliphatic heterocycles. The summed E-state index contributed by atoms with van der Waals surface area (Å²) in [4.78, 5) is 11.6. The lowest BCUT2D eigenvalue weighted by Gasteiger charge is -2.26. The number of aliphatic hydroxyl groups is 1. The van der Waals surface area contributed by atoms with Crippen LogP contribution in [0.5, 0.6) is 0 Å². The fraction of sp³-hybridized carbons (Fsp3) is 0.933. The van der Waals surface area contributed by atoms with Gasteiger partial charge in [-0.15, -0.1) is 12.4 Å². The first-order valence-electron chi connectivity index (χ1n) is 7.89. The largest absolute Gasteiger partial charge is 0.391 e. The van der Waals surface area contributed by atoms with Crippen molar-refractivity contribution in [1.82, 2.24) is 5.32 Å². The molecule has 0 spiro atoms. The number of carbonyl (C=O) groups is 1. The number of hydrogen-bond acceptors (Lipinski definition) is 3. The molecule has 1 aliphatic carbocycles. The van der Waals surface area contributed by atoms with Crippen LogP contribution in [-0.2, 0) is 4.79 Å². The van der Waals surface area contributed by atoms with Gasteiger partial charge in [0.05, 0.1) is 6.10 Å². The van der Waals surface area contributed by atoms with Crippen molar-refractivity contribution in [2.75, 3.05) is 13.1 Å². The second-order valence-corrected chi connectivity index (χ2v) is 5.72. The quantitative estimate of drug-likeness (QED) is 0.572. The van der Waals surface area contributed by atoms with E-state index in [2.05, 4.69) is 5.32 Å². The maximum absolute atomic E-state index is 11.6. The van der Waals surface area contributed by atoms with Gasteiger partial charge in [-0.1, -0.05) is 32.1 Å². The molecule has 1 atom stereocenters. The molecule has 0 heterocycles. The van der Waals surface area contributed by atoms with Crippen molar-refractivity contribution >= 4 is 18.3 Å². The van der Waals surface area contributed by atoms with Gasteiger partial charge in [-0.05, 0) is 38.1 Å². The number of nitrogens with two attached hydrogens (primary N) is 1. The first kappa shape index (κ1) is 19.7. The van der Waals surface area contributed by atoms with Gasteiger partial charge in [0.25, 0.3) is 0 Å². The van der Waals surface area contributed by atoms with Crippen LogP contribution in [0.1, 0.15) is 64.2 Å². The molecule has 0 aromatic heterocycles. The van der Waals surface area contributed by atoms with Gasteiger partial charge >= 0.3 is 0 Å². The fourth-order valence-corrected chi connectivity index (χ4v) is 2.78. The van der Waals surface area contributed by atoms with E-state index in [1.165, 1.54) is 19.3 Å². The van der Waals surface area contributed by atoms with Gasteiger partial charge in [-0.25, -0.2) is 0 Å². The van der Waals surface area contributed by atoms with Gasteiger partial charge in [0, 0.05) is 13.0 Å². The van der Waals surface area contributed by atoms with Crippen LogP contribution >= 0.6 is 12.4 Å². The zero-order chi connectivity index (χ0) is 13.9. The number of amides is 1. The van der Waals surface area contributed by atoms with E-state index >= 15 is 0 Å². The third-order valence-corrected chi connectivity index (χ3v) is 4.06. The highest BCUT2D eigenvalue weighted by Gasteiger charge is 2.21. The third kappa shape index (κ3) is 8.77. The van der Waals surface area contributed by atoms with Crippen LogP contribution in [0.2, 0.25) is 0 Å². The van der Waals surface area contributed by atoms with E-state index in [1.807, 2.05) is 0 Å². The van der Waals surface area contributed by atoms with E-state index in [-0.39, 0.29) is 24.4 Å². The normalized spacial score (nSPS) is 17.3. The highest BCUT2D eigenvalue weighted by Crippen LogP contribution is 2.26. The Labute approximate surface area is 129 Å². The van der Waals surface area contributed by atoms with Crippen LogP contribution in [0, 0.1) is 5.92 Å². The molecule has 4 nitrogen and oxygen atoms in total. The Morgan fingerprint density at radius 1 is 1.15 bits per heavy atom. The van der Waals surface area contributed by atoms with Crippen molar-refractivity contribution in [3.8, 4) is 0 Å². The lowest BCUT2D eigenvalue weighted by atomic mass is 9.85. The molecular weight excluding hydrogens is 276 g/mol. The highest BCUT2D eigenvalue weighted by atomic mass is 35.5. The van der Waals surface area contributed by atoms with Gasteiger partial charge < -0.3 is 16.2 Å². The van der Waals surface area contributed by atoms with Gasteiger partial charge in [-0.2, -0.15) is 0 Å². The Hall–Kier alpha value is -0.320. The van der Waals surface area contributed by atoms with E-state index in [0.717, 1.165) is 45.1 Å². The summed E-state index contributed by atoms with van der Waals surface area (Å²) in [5.41, 5.74) is 5.42. The third-order valence-electron chi connectivity index (χ3n) is 4.06. The summed E-state index contributed by atoms with van der Waals surface area (Å²) >= 11 is 0. The van der Waals surface area contributed by atoms with Crippen molar-refractivity contribution in [2.45, 2.75) is 70.3 Å². The molecule has 1 rings (SSSR count). The van der Waals surface area contributed by atoms with Crippen molar-refractivity contribution in [1.29, 1.82) is 0 Å². The Morgan fingerprint density at radius 2 is 1.80 bits per heavy atom. The minimum atomic E-state index is -0.360. The summed E-state index contributed by atoms with van der Waals surface area (Å²) in [6.07, 6.45) is 10.3. The van der Waals surface area contributed by atoms with Crippen LogP contribution in [0.4, 0.5) is 0 Å². The molecule has 1 saturated carbocycles. The van der Waals surface area contributed by atoms with Crippen LogP contribution in [0.25, 0.3) is 0 Å². The van der Waals surface area contributed by atoms with Gasteiger partial charge in [0.1, 0.15) is 0 Å². The number of aliphatic hydroxyl groups excluding tert-OH is 1. The minimum absolute atomic E-state index is 0. The Morgan fingerprint density at radius 3 is 2.45 bits per heavy atom. The highest BCUT2D eigenvalue weighted by molar-refractivity contribution is 5.85. The Kier molecular flexibility index (Phi) is 12.2. The molecule has 1 amide bonds. The summed E-state index contributed by atoms with van der Waals surface area (Å²) in [5, 5.41) is 12.9. The van der Waals surface area contributed by atoms with E-state index < -0.39 is 0 Å². The van der Waals surface area contributed by atoms with Gasteiger partial charge in [0.15, 0.2) is 0 Å². The van der Waals surface area contributed by atoms with E-state index in [1.54, 1.807) is 0 Å². The Bertz CT molecular complexity index is 246. The average Bonchev–Trinajstić information content (AvgIpc) is 2.45. The smallest absolute Gasteiger partial charge is 0.220 e. The minimum Gasteiger partial charge on any atom is -0.391 e. The number of unbranched alkanes of at least 4 members (excludes halogenated alkanes) is 3. The molecule has 0 saturated heterocycles. The van der Waals surface area contributed by atoms with Crippen LogP contribution < -0.4 is 11.1 Å². The monoisotopic (exact) mass is 306 g/mol. The lowest BCUT2D eigenvalue weighted by molar-refractivity contribution is -0.121. The van der Waals surface area contributed by atoms with E-state index in [9.17, 15) is 9.90 Å². The predicted molar refractivity (Wildman–Crippen MR) is 85.0 cm³/mol. The number of carbonyl (C=O) groups excluding carboxylic acids is 1. The molecule has 20 heavy (non-hydrogen) atoms. The first-order chi connectivity index (χ1) is 9.24. The van der Waals surface area contributed by atoms with Crippen molar-refractivity contribution < 1.29 is 9.90 Å². The molecule has 5 heteroatoms. The van der Waals surface area contributed by atoms with Crippen molar-refractivity contribution in [2.24, 2.45) is 11.7 Å². The molecule has 0 aromatic rings. The molecule has 0 bridgehead atoms. The number of nitrogens with one attached hydrogen (secondary N) is 1. The Balaban J connectivity index is 0.00000361. The van der Waals surface area contributed by atoms with Crippen LogP contribution in [0.15, 0.2) is 0 Å². The fourth-order valence-electron chi connectivity index (χ4n) is 2.78. The first-order valence-corrected chi connectivity index (χ1v) is 7.89. The zero-order valence-corrected chi connectivity index (χ0v) is 13.3. The van der Waals surface area contributed by atoms with Crippen molar-refractivity contribution in [3.05, 3.63) is 0 Å². The van der Waals surface area contributed by atoms with E-state index in [4.69, 9.17) is 5.73 Å². The van der Waals surface area contributed by atoms with Gasteiger partial charge in [0.2, 0.25) is 5.91 Å². The summed E-state index contributed by atoms with van der Waals surface area (Å²) in [6.45, 7) is 1.16. The molecule has 4 N–H and O–H groups in total. The standard InChI is InChI=1S/C15H30N2O2.ClH/c16-11-7-2-1-6-10-15(19)17-12-14(18)13-8-4-3-5-9-13;/h13-14,18H,1-12,16H2,(H,17,19);1H. The maximum atomic E-state index is 11.6. The van der Waals surface area contributed by atoms with Gasteiger partial charge in [-0.3, -0.25) is 4.79 Å². The molecule has 1 fully saturated rings. The summed E-state index contributed by atoms with van der Waals surface area (Å²) in [5.74, 6) is 0.459. The summed E-state index contributed by atoms with van der Waals surface area (Å²) in [7, 11) is 0. The molecule has 0 radical (unpaired) electrons. The average molecular weight is 307 g/mol.